The van der Waals surface area contributed by atoms with Crippen LogP contribution in [0.4, 0.5) is 5.69 Å². The molecule has 1 aliphatic heterocycles. The number of nitrogens with one attached hydrogen (secondary N) is 1. The number of sulfonamides is 1. The van der Waals surface area contributed by atoms with Crippen molar-refractivity contribution >= 4 is 41.6 Å². The van der Waals surface area contributed by atoms with Gasteiger partial charge in [-0.15, -0.1) is 0 Å². The topological polar surface area (TPSA) is 158 Å². The summed E-state index contributed by atoms with van der Waals surface area (Å²) < 4.78 is 75.1. The number of amides is 1. The van der Waals surface area contributed by atoms with Crippen molar-refractivity contribution in [1.82, 2.24) is 9.80 Å². The van der Waals surface area contributed by atoms with Crippen LogP contribution in [0.2, 0.25) is 0 Å². The number of likely N-dealkylation sites (N-methyl/N-ethyl adjacent to an activating group) is 1. The van der Waals surface area contributed by atoms with E-state index in [1.54, 1.807) is 42.3 Å². The van der Waals surface area contributed by atoms with Crippen molar-refractivity contribution < 1.29 is 34.6 Å². The molecule has 1 atom stereocenters. The molecule has 1 saturated heterocycles. The molecule has 1 fully saturated rings. The Bertz CT molecular complexity index is 1410. The fourth-order valence-corrected chi connectivity index (χ4v) is 5.20. The van der Waals surface area contributed by atoms with Crippen molar-refractivity contribution in [3.8, 4) is 0 Å². The van der Waals surface area contributed by atoms with Crippen LogP contribution in [0.3, 0.4) is 0 Å². The first-order valence-corrected chi connectivity index (χ1v) is 17.3. The van der Waals surface area contributed by atoms with Gasteiger partial charge in [0.2, 0.25) is 15.9 Å². The predicted octanol–water partition coefficient (Wildman–Crippen LogP) is 1.80. The van der Waals surface area contributed by atoms with Gasteiger partial charge in [0.05, 0.1) is 29.9 Å². The van der Waals surface area contributed by atoms with Crippen LogP contribution >= 0.6 is 0 Å². The summed E-state index contributed by atoms with van der Waals surface area (Å²) in [6.45, 7) is 2.58. The third-order valence-corrected chi connectivity index (χ3v) is 7.51. The lowest BCUT2D eigenvalue weighted by atomic mass is 10.0. The number of hydrogen-bond donors (Lipinski definition) is 2. The fourth-order valence-electron chi connectivity index (χ4n) is 4.01. The molecule has 0 bridgehead atoms. The van der Waals surface area contributed by atoms with E-state index in [0.717, 1.165) is 49.6 Å². The van der Waals surface area contributed by atoms with Gasteiger partial charge in [-0.25, -0.2) is 16.8 Å². The predicted molar refractivity (Wildman–Crippen MR) is 147 cm³/mol. The number of carbonyl (C=O) groups is 1. The van der Waals surface area contributed by atoms with Gasteiger partial charge < -0.3 is 9.80 Å². The number of carbonyl (C=O) groups excluding carboxylic acids is 1. The summed E-state index contributed by atoms with van der Waals surface area (Å²) in [7, 11) is -8.62. The van der Waals surface area contributed by atoms with E-state index in [0.29, 0.717) is 18.5 Å². The first kappa shape index (κ1) is 31.7. The molecule has 0 aromatic heterocycles. The minimum absolute atomic E-state index is 0.104. The number of rotatable bonds is 9. The standard InChI is InChI=1S/C23H31N3O5S2.CH4O3S/c1-25(23(27)15-18-9-11-21(12-10-18)32(2,28)29)22(17-26-13-4-5-14-26)19-7-6-8-20(16-19)24-33(3,30)31;1-5(2,3)4/h6-12,16,22,24H,4-5,13-15,17H2,1-3H3;1H3,(H,2,3,4). The van der Waals surface area contributed by atoms with Crippen LogP contribution < -0.4 is 4.72 Å². The average molecular weight is 590 g/mol. The largest absolute Gasteiger partial charge is 0.337 e. The van der Waals surface area contributed by atoms with Crippen molar-refractivity contribution in [2.24, 2.45) is 0 Å². The Hall–Kier alpha value is -2.52. The quantitative estimate of drug-likeness (QED) is 0.416. The maximum absolute atomic E-state index is 13.2. The van der Waals surface area contributed by atoms with Gasteiger partial charge in [0, 0.05) is 25.5 Å². The summed E-state index contributed by atoms with van der Waals surface area (Å²) in [4.78, 5) is 17.4. The summed E-state index contributed by atoms with van der Waals surface area (Å²) >= 11 is 0. The second-order valence-corrected chi connectivity index (χ2v) is 14.6. The molecule has 38 heavy (non-hydrogen) atoms. The van der Waals surface area contributed by atoms with Gasteiger partial charge in [0.25, 0.3) is 10.1 Å². The Labute approximate surface area is 225 Å². The van der Waals surface area contributed by atoms with Crippen molar-refractivity contribution in [2.75, 3.05) is 50.2 Å². The minimum atomic E-state index is -3.67. The molecular weight excluding hydrogens is 554 g/mol. The Kier molecular flexibility index (Phi) is 10.9. The average Bonchev–Trinajstić information content (AvgIpc) is 3.28. The van der Waals surface area contributed by atoms with Crippen molar-refractivity contribution in [1.29, 1.82) is 0 Å². The van der Waals surface area contributed by atoms with Gasteiger partial charge in [0.1, 0.15) is 0 Å². The maximum Gasteiger partial charge on any atom is 0.261 e. The number of hydrogen-bond acceptors (Lipinski definition) is 8. The van der Waals surface area contributed by atoms with Crippen LogP contribution in [0.15, 0.2) is 53.4 Å². The van der Waals surface area contributed by atoms with Crippen LogP contribution in [0.1, 0.15) is 30.0 Å². The molecule has 0 aliphatic carbocycles. The summed E-state index contributed by atoms with van der Waals surface area (Å²) in [5.41, 5.74) is 2.03. The summed E-state index contributed by atoms with van der Waals surface area (Å²) in [5.74, 6) is -0.104. The normalized spacial score (nSPS) is 15.3. The Morgan fingerprint density at radius 1 is 0.974 bits per heavy atom. The van der Waals surface area contributed by atoms with Crippen molar-refractivity contribution in [3.63, 3.8) is 0 Å². The molecule has 11 nitrogen and oxygen atoms in total. The Morgan fingerprint density at radius 2 is 1.53 bits per heavy atom. The van der Waals surface area contributed by atoms with E-state index in [1.165, 1.54) is 12.1 Å². The molecule has 1 unspecified atom stereocenters. The molecule has 1 amide bonds. The number of nitrogens with zero attached hydrogens (tertiary/aromatic N) is 2. The lowest BCUT2D eigenvalue weighted by molar-refractivity contribution is -0.131. The van der Waals surface area contributed by atoms with Crippen molar-refractivity contribution in [3.05, 3.63) is 59.7 Å². The van der Waals surface area contributed by atoms with Crippen LogP contribution in [-0.2, 0) is 41.2 Å². The van der Waals surface area contributed by atoms with Crippen LogP contribution in [0.5, 0.6) is 0 Å². The molecular formula is C24H35N3O8S3. The number of sulfone groups is 1. The maximum atomic E-state index is 13.2. The van der Waals surface area contributed by atoms with Crippen LogP contribution in [-0.4, -0.2) is 91.0 Å². The molecule has 14 heteroatoms. The monoisotopic (exact) mass is 589 g/mol. The molecule has 0 spiro atoms. The summed E-state index contributed by atoms with van der Waals surface area (Å²) in [5, 5.41) is 0. The zero-order valence-corrected chi connectivity index (χ0v) is 24.3. The molecule has 2 aromatic rings. The zero-order chi connectivity index (χ0) is 28.7. The van der Waals surface area contributed by atoms with E-state index in [2.05, 4.69) is 9.62 Å². The lowest BCUT2D eigenvalue weighted by Crippen LogP contribution is -2.39. The molecule has 2 aromatic carbocycles. The fraction of sp³-hybridized carbons (Fsp3) is 0.458. The molecule has 0 radical (unpaired) electrons. The highest BCUT2D eigenvalue weighted by Crippen LogP contribution is 2.26. The summed E-state index contributed by atoms with van der Waals surface area (Å²) in [6.07, 6.45) is 5.34. The second kappa shape index (κ2) is 13.0. The van der Waals surface area contributed by atoms with Crippen molar-refractivity contribution in [2.45, 2.75) is 30.2 Å². The highest BCUT2D eigenvalue weighted by molar-refractivity contribution is 7.92. The molecule has 1 aliphatic rings. The van der Waals surface area contributed by atoms with Gasteiger partial charge in [-0.2, -0.15) is 8.42 Å². The Balaban J connectivity index is 0.000000926. The highest BCUT2D eigenvalue weighted by atomic mass is 32.2. The smallest absolute Gasteiger partial charge is 0.261 e. The molecule has 1 heterocycles. The number of benzene rings is 2. The van der Waals surface area contributed by atoms with E-state index in [9.17, 15) is 30.0 Å². The second-order valence-electron chi connectivity index (χ2n) is 9.35. The van der Waals surface area contributed by atoms with Gasteiger partial charge in [-0.3, -0.25) is 14.1 Å². The van der Waals surface area contributed by atoms with E-state index in [4.69, 9.17) is 4.55 Å². The van der Waals surface area contributed by atoms with Gasteiger partial charge >= 0.3 is 0 Å². The summed E-state index contributed by atoms with van der Waals surface area (Å²) in [6, 6.07) is 13.2. The first-order valence-electron chi connectivity index (χ1n) is 11.7. The molecule has 212 valence electrons. The lowest BCUT2D eigenvalue weighted by Gasteiger charge is -2.32. The van der Waals surface area contributed by atoms with E-state index in [-0.39, 0.29) is 23.3 Å². The first-order chi connectivity index (χ1) is 17.4. The number of anilines is 1. The van der Waals surface area contributed by atoms with E-state index in [1.807, 2.05) is 6.07 Å². The van der Waals surface area contributed by atoms with Crippen LogP contribution in [0, 0.1) is 0 Å². The minimum Gasteiger partial charge on any atom is -0.337 e. The van der Waals surface area contributed by atoms with E-state index < -0.39 is 30.0 Å². The van der Waals surface area contributed by atoms with Gasteiger partial charge in [-0.1, -0.05) is 24.3 Å². The SMILES string of the molecule is CN(C(=O)Cc1ccc(S(C)(=O)=O)cc1)C(CN1CCCC1)c1cccc(NS(C)(=O)=O)c1.CS(=O)(=O)O. The van der Waals surface area contributed by atoms with Gasteiger partial charge in [-0.05, 0) is 61.3 Å². The zero-order valence-electron chi connectivity index (χ0n) is 21.9. The highest BCUT2D eigenvalue weighted by Gasteiger charge is 2.26. The van der Waals surface area contributed by atoms with Gasteiger partial charge in [0.15, 0.2) is 9.84 Å². The third-order valence-electron chi connectivity index (χ3n) is 5.77. The Morgan fingerprint density at radius 3 is 2.03 bits per heavy atom. The van der Waals surface area contributed by atoms with Crippen LogP contribution in [0.25, 0.3) is 0 Å². The number of likely N-dealkylation sites (tertiary alicyclic amines) is 1. The molecule has 2 N–H and O–H groups in total. The molecule has 3 rings (SSSR count). The van der Waals surface area contributed by atoms with E-state index >= 15 is 0 Å². The molecule has 0 saturated carbocycles. The third kappa shape index (κ3) is 11.5.